The lowest BCUT2D eigenvalue weighted by Crippen LogP contribution is -2.45. The van der Waals surface area contributed by atoms with Crippen LogP contribution in [0.1, 0.15) is 41.6 Å². The standard InChI is InChI=1S/C29H31F3N4O3/c30-29(31,32)39-25-6-2-1-5-22(25)19-38-26-17-23(18-34-27(26)33)20-7-9-21(10-8-20)28(37)36-15-11-24(12-16-36)35-13-3-4-14-35/h1-2,5-10,17-18,24H,3-4,11-16,19H2,(H2,33,34). The van der Waals surface area contributed by atoms with Gasteiger partial charge in [-0.2, -0.15) is 0 Å². The summed E-state index contributed by atoms with van der Waals surface area (Å²) in [5.74, 6) is 0.0290. The number of halogens is 3. The fourth-order valence-electron chi connectivity index (χ4n) is 5.26. The predicted octanol–water partition coefficient (Wildman–Crippen LogP) is 5.51. The van der Waals surface area contributed by atoms with Gasteiger partial charge in [0.1, 0.15) is 12.4 Å². The average Bonchev–Trinajstić information content (AvgIpc) is 3.48. The van der Waals surface area contributed by atoms with E-state index in [-0.39, 0.29) is 35.4 Å². The number of nitrogens with zero attached hydrogens (tertiary/aromatic N) is 3. The van der Waals surface area contributed by atoms with Crippen LogP contribution in [0.2, 0.25) is 0 Å². The van der Waals surface area contributed by atoms with Crippen LogP contribution in [0.5, 0.6) is 11.5 Å². The predicted molar refractivity (Wildman–Crippen MR) is 141 cm³/mol. The van der Waals surface area contributed by atoms with Crippen molar-refractivity contribution in [1.82, 2.24) is 14.8 Å². The Kier molecular flexibility index (Phi) is 7.92. The maximum Gasteiger partial charge on any atom is 0.573 e. The lowest BCUT2D eigenvalue weighted by atomic mass is 10.0. The molecular formula is C29H31F3N4O3. The topological polar surface area (TPSA) is 80.9 Å². The molecule has 2 aliphatic rings. The van der Waals surface area contributed by atoms with Crippen molar-refractivity contribution in [1.29, 1.82) is 0 Å². The first-order valence-electron chi connectivity index (χ1n) is 13.1. The summed E-state index contributed by atoms with van der Waals surface area (Å²) in [6.45, 7) is 3.69. The minimum absolute atomic E-state index is 0.0283. The third kappa shape index (κ3) is 6.62. The monoisotopic (exact) mass is 540 g/mol. The molecule has 0 aliphatic carbocycles. The van der Waals surface area contributed by atoms with Gasteiger partial charge in [0, 0.05) is 42.0 Å². The molecule has 0 spiro atoms. The Bertz CT molecular complexity index is 1290. The van der Waals surface area contributed by atoms with Gasteiger partial charge in [0.05, 0.1) is 0 Å². The van der Waals surface area contributed by atoms with E-state index >= 15 is 0 Å². The van der Waals surface area contributed by atoms with E-state index in [9.17, 15) is 18.0 Å². The molecule has 206 valence electrons. The second kappa shape index (κ2) is 11.5. The Balaban J connectivity index is 1.22. The zero-order valence-electron chi connectivity index (χ0n) is 21.5. The van der Waals surface area contributed by atoms with Crippen molar-refractivity contribution in [2.75, 3.05) is 31.9 Å². The number of aromatic nitrogens is 1. The number of ether oxygens (including phenoxy) is 2. The average molecular weight is 541 g/mol. The number of anilines is 1. The van der Waals surface area contributed by atoms with Crippen molar-refractivity contribution in [2.24, 2.45) is 0 Å². The molecule has 2 N–H and O–H groups in total. The molecule has 5 rings (SSSR count). The van der Waals surface area contributed by atoms with E-state index in [2.05, 4.69) is 14.6 Å². The summed E-state index contributed by atoms with van der Waals surface area (Å²) in [6.07, 6.45) is 1.34. The van der Waals surface area contributed by atoms with Gasteiger partial charge in [0.25, 0.3) is 5.91 Å². The van der Waals surface area contributed by atoms with Crippen molar-refractivity contribution in [3.05, 3.63) is 71.9 Å². The summed E-state index contributed by atoms with van der Waals surface area (Å²) in [4.78, 5) is 21.8. The Labute approximate surface area is 225 Å². The van der Waals surface area contributed by atoms with Crippen LogP contribution in [0.15, 0.2) is 60.8 Å². The van der Waals surface area contributed by atoms with Gasteiger partial charge in [0.2, 0.25) is 0 Å². The number of carbonyl (C=O) groups excluding carboxylic acids is 1. The van der Waals surface area contributed by atoms with Crippen molar-refractivity contribution in [3.8, 4) is 22.6 Å². The lowest BCUT2D eigenvalue weighted by molar-refractivity contribution is -0.275. The van der Waals surface area contributed by atoms with Crippen LogP contribution >= 0.6 is 0 Å². The molecule has 0 saturated carbocycles. The molecule has 0 unspecified atom stereocenters. The summed E-state index contributed by atoms with van der Waals surface area (Å²) >= 11 is 0. The van der Waals surface area contributed by atoms with E-state index in [0.717, 1.165) is 31.5 Å². The number of carbonyl (C=O) groups is 1. The Morgan fingerprint density at radius 2 is 1.64 bits per heavy atom. The van der Waals surface area contributed by atoms with E-state index in [1.807, 2.05) is 17.0 Å². The van der Waals surface area contributed by atoms with Crippen LogP contribution in [0, 0.1) is 0 Å². The first-order valence-corrected chi connectivity index (χ1v) is 13.1. The van der Waals surface area contributed by atoms with E-state index in [1.165, 1.54) is 44.1 Å². The van der Waals surface area contributed by atoms with E-state index < -0.39 is 6.36 Å². The van der Waals surface area contributed by atoms with Gasteiger partial charge in [-0.05, 0) is 68.6 Å². The van der Waals surface area contributed by atoms with E-state index in [0.29, 0.717) is 17.2 Å². The molecule has 1 aromatic heterocycles. The smallest absolute Gasteiger partial charge is 0.485 e. The fourth-order valence-corrected chi connectivity index (χ4v) is 5.26. The van der Waals surface area contributed by atoms with Crippen LogP contribution in [-0.2, 0) is 6.61 Å². The number of alkyl halides is 3. The van der Waals surface area contributed by atoms with Gasteiger partial charge >= 0.3 is 6.36 Å². The molecule has 0 radical (unpaired) electrons. The summed E-state index contributed by atoms with van der Waals surface area (Å²) in [5, 5.41) is 0. The van der Waals surface area contributed by atoms with E-state index in [1.54, 1.807) is 30.5 Å². The number of benzene rings is 2. The number of para-hydroxylation sites is 1. The van der Waals surface area contributed by atoms with Crippen molar-refractivity contribution in [2.45, 2.75) is 44.7 Å². The van der Waals surface area contributed by atoms with Crippen molar-refractivity contribution >= 4 is 11.7 Å². The maximum atomic E-state index is 13.1. The summed E-state index contributed by atoms with van der Waals surface area (Å²) in [7, 11) is 0. The molecule has 0 bridgehead atoms. The molecule has 10 heteroatoms. The van der Waals surface area contributed by atoms with E-state index in [4.69, 9.17) is 10.5 Å². The SMILES string of the molecule is Nc1ncc(-c2ccc(C(=O)N3CCC(N4CCCC4)CC3)cc2)cc1OCc1ccccc1OC(F)(F)F. The highest BCUT2D eigenvalue weighted by Crippen LogP contribution is 2.31. The number of rotatable bonds is 7. The number of amides is 1. The zero-order valence-corrected chi connectivity index (χ0v) is 21.5. The third-order valence-electron chi connectivity index (χ3n) is 7.34. The van der Waals surface area contributed by atoms with Crippen LogP contribution in [0.4, 0.5) is 19.0 Å². The van der Waals surface area contributed by atoms with Crippen molar-refractivity contribution in [3.63, 3.8) is 0 Å². The van der Waals surface area contributed by atoms with Crippen LogP contribution in [-0.4, -0.2) is 59.3 Å². The van der Waals surface area contributed by atoms with Gasteiger partial charge in [-0.1, -0.05) is 30.3 Å². The summed E-state index contributed by atoms with van der Waals surface area (Å²) < 4.78 is 48.0. The lowest BCUT2D eigenvalue weighted by Gasteiger charge is -2.36. The molecule has 0 atom stereocenters. The Morgan fingerprint density at radius 3 is 2.33 bits per heavy atom. The number of likely N-dealkylation sites (tertiary alicyclic amines) is 2. The fraction of sp³-hybridized carbons (Fsp3) is 0.379. The molecule has 2 aliphatic heterocycles. The molecule has 3 aromatic rings. The summed E-state index contributed by atoms with van der Waals surface area (Å²) in [5.41, 5.74) is 8.31. The van der Waals surface area contributed by atoms with Gasteiger partial charge in [-0.25, -0.2) is 4.98 Å². The second-order valence-corrected chi connectivity index (χ2v) is 9.90. The largest absolute Gasteiger partial charge is 0.573 e. The number of hydrogen-bond acceptors (Lipinski definition) is 6. The van der Waals surface area contributed by atoms with Crippen LogP contribution in [0.3, 0.4) is 0 Å². The molecular weight excluding hydrogens is 509 g/mol. The first-order chi connectivity index (χ1) is 18.8. The number of hydrogen-bond donors (Lipinski definition) is 1. The Morgan fingerprint density at radius 1 is 0.949 bits per heavy atom. The number of nitrogen functional groups attached to an aromatic ring is 1. The molecule has 7 nitrogen and oxygen atoms in total. The van der Waals surface area contributed by atoms with Gasteiger partial charge in [-0.15, -0.1) is 13.2 Å². The zero-order chi connectivity index (χ0) is 27.4. The third-order valence-corrected chi connectivity index (χ3v) is 7.34. The highest BCUT2D eigenvalue weighted by Gasteiger charge is 2.32. The number of pyridine rings is 1. The maximum absolute atomic E-state index is 13.1. The van der Waals surface area contributed by atoms with Gasteiger partial charge < -0.3 is 25.0 Å². The second-order valence-electron chi connectivity index (χ2n) is 9.90. The van der Waals surface area contributed by atoms with Gasteiger partial charge in [0.15, 0.2) is 11.6 Å². The first kappa shape index (κ1) is 26.8. The van der Waals surface area contributed by atoms with Gasteiger partial charge in [-0.3, -0.25) is 4.79 Å². The molecule has 2 saturated heterocycles. The molecule has 2 fully saturated rings. The van der Waals surface area contributed by atoms with Crippen molar-refractivity contribution < 1.29 is 27.4 Å². The van der Waals surface area contributed by atoms with Crippen LogP contribution < -0.4 is 15.2 Å². The minimum atomic E-state index is -4.81. The highest BCUT2D eigenvalue weighted by molar-refractivity contribution is 5.94. The minimum Gasteiger partial charge on any atom is -0.485 e. The molecule has 2 aromatic carbocycles. The highest BCUT2D eigenvalue weighted by atomic mass is 19.4. The number of piperidine rings is 1. The normalized spacial score (nSPS) is 16.8. The Hall–Kier alpha value is -3.79. The quantitative estimate of drug-likeness (QED) is 0.426. The van der Waals surface area contributed by atoms with Crippen LogP contribution in [0.25, 0.3) is 11.1 Å². The molecule has 3 heterocycles. The molecule has 39 heavy (non-hydrogen) atoms. The molecule has 1 amide bonds. The summed E-state index contributed by atoms with van der Waals surface area (Å²) in [6, 6.07) is 15.3. The number of nitrogens with two attached hydrogens (primary N) is 1.